The zero-order valence-corrected chi connectivity index (χ0v) is 12.4. The van der Waals surface area contributed by atoms with Gasteiger partial charge in [-0.15, -0.1) is 0 Å². The first kappa shape index (κ1) is 14.2. The third kappa shape index (κ3) is 3.63. The molecule has 2 unspecified atom stereocenters. The summed E-state index contributed by atoms with van der Waals surface area (Å²) < 4.78 is 0. The van der Waals surface area contributed by atoms with Crippen molar-refractivity contribution < 1.29 is 0 Å². The van der Waals surface area contributed by atoms with Crippen LogP contribution in [0.3, 0.4) is 0 Å². The third-order valence-corrected chi connectivity index (χ3v) is 4.62. The second kappa shape index (κ2) is 6.79. The van der Waals surface area contributed by atoms with Crippen molar-refractivity contribution in [1.29, 1.82) is 0 Å². The van der Waals surface area contributed by atoms with Crippen LogP contribution in [0.25, 0.3) is 0 Å². The maximum atomic E-state index is 6.27. The van der Waals surface area contributed by atoms with E-state index in [9.17, 15) is 0 Å². The number of hydrogen-bond acceptors (Lipinski definition) is 1. The summed E-state index contributed by atoms with van der Waals surface area (Å²) in [6.45, 7) is 0. The van der Waals surface area contributed by atoms with Crippen LogP contribution in [0.5, 0.6) is 0 Å². The quantitative estimate of drug-likeness (QED) is 0.794. The van der Waals surface area contributed by atoms with Gasteiger partial charge in [0.2, 0.25) is 0 Å². The van der Waals surface area contributed by atoms with Crippen molar-refractivity contribution in [2.45, 2.75) is 44.6 Å². The molecule has 0 radical (unpaired) electrons. The van der Waals surface area contributed by atoms with Crippen LogP contribution < -0.4 is 5.32 Å². The van der Waals surface area contributed by atoms with E-state index >= 15 is 0 Å². The fourth-order valence-corrected chi connectivity index (χ4v) is 3.38. The van der Waals surface area contributed by atoms with Crippen LogP contribution in [-0.2, 0) is 6.42 Å². The van der Waals surface area contributed by atoms with E-state index in [2.05, 4.69) is 12.4 Å². The van der Waals surface area contributed by atoms with E-state index in [1.54, 1.807) is 0 Å². The van der Waals surface area contributed by atoms with Gasteiger partial charge < -0.3 is 5.32 Å². The Balaban J connectivity index is 2.12. The molecule has 18 heavy (non-hydrogen) atoms. The molecule has 0 spiro atoms. The van der Waals surface area contributed by atoms with Crippen LogP contribution in [0.1, 0.15) is 37.7 Å². The van der Waals surface area contributed by atoms with Crippen molar-refractivity contribution >= 4 is 23.2 Å². The Labute approximate surface area is 120 Å². The standard InChI is InChI=1S/C15H21Cl2N/c1-18-15-6-4-2-3-5-11(15)9-12-10-13(16)7-8-14(12)17/h7-8,10-11,15,18H,2-6,9H2,1H3. The molecular weight excluding hydrogens is 265 g/mol. The number of nitrogens with one attached hydrogen (secondary N) is 1. The second-order valence-corrected chi connectivity index (χ2v) is 6.08. The van der Waals surface area contributed by atoms with Crippen molar-refractivity contribution in [3.8, 4) is 0 Å². The first-order chi connectivity index (χ1) is 8.70. The van der Waals surface area contributed by atoms with E-state index in [1.165, 1.54) is 37.7 Å². The highest BCUT2D eigenvalue weighted by molar-refractivity contribution is 6.33. The molecule has 1 aliphatic rings. The lowest BCUT2D eigenvalue weighted by Gasteiger charge is -2.25. The minimum atomic E-state index is 0.613. The summed E-state index contributed by atoms with van der Waals surface area (Å²) in [7, 11) is 2.07. The monoisotopic (exact) mass is 285 g/mol. The molecule has 1 fully saturated rings. The van der Waals surface area contributed by atoms with Crippen LogP contribution in [-0.4, -0.2) is 13.1 Å². The van der Waals surface area contributed by atoms with Crippen molar-refractivity contribution in [3.05, 3.63) is 33.8 Å². The number of benzene rings is 1. The van der Waals surface area contributed by atoms with Crippen LogP contribution in [0.2, 0.25) is 10.0 Å². The molecule has 2 atom stereocenters. The van der Waals surface area contributed by atoms with Gasteiger partial charge in [0, 0.05) is 16.1 Å². The molecule has 1 aliphatic carbocycles. The van der Waals surface area contributed by atoms with Gasteiger partial charge in [-0.3, -0.25) is 0 Å². The van der Waals surface area contributed by atoms with Crippen molar-refractivity contribution in [1.82, 2.24) is 5.32 Å². The Kier molecular flexibility index (Phi) is 5.35. The molecule has 1 N–H and O–H groups in total. The van der Waals surface area contributed by atoms with E-state index in [1.807, 2.05) is 18.2 Å². The first-order valence-electron chi connectivity index (χ1n) is 6.82. The van der Waals surface area contributed by atoms with Crippen molar-refractivity contribution in [2.24, 2.45) is 5.92 Å². The molecule has 1 aromatic rings. The lowest BCUT2D eigenvalue weighted by atomic mass is 9.88. The SMILES string of the molecule is CNC1CCCCCC1Cc1cc(Cl)ccc1Cl. The number of rotatable bonds is 3. The van der Waals surface area contributed by atoms with Gasteiger partial charge in [-0.25, -0.2) is 0 Å². The topological polar surface area (TPSA) is 12.0 Å². The molecule has 1 aromatic carbocycles. The fraction of sp³-hybridized carbons (Fsp3) is 0.600. The molecule has 0 saturated heterocycles. The van der Waals surface area contributed by atoms with Gasteiger partial charge in [-0.05, 0) is 56.0 Å². The summed E-state index contributed by atoms with van der Waals surface area (Å²) in [5, 5.41) is 5.10. The second-order valence-electron chi connectivity index (χ2n) is 5.23. The highest BCUT2D eigenvalue weighted by Crippen LogP contribution is 2.30. The number of halogens is 2. The Bertz CT molecular complexity index is 392. The molecule has 3 heteroatoms. The van der Waals surface area contributed by atoms with Crippen LogP contribution >= 0.6 is 23.2 Å². The van der Waals surface area contributed by atoms with E-state index in [-0.39, 0.29) is 0 Å². The van der Waals surface area contributed by atoms with Gasteiger partial charge in [-0.2, -0.15) is 0 Å². The maximum Gasteiger partial charge on any atom is 0.0439 e. The van der Waals surface area contributed by atoms with E-state index < -0.39 is 0 Å². The average Bonchev–Trinajstić information content (AvgIpc) is 2.59. The molecule has 0 heterocycles. The summed E-state index contributed by atoms with van der Waals surface area (Å²) in [6.07, 6.45) is 7.63. The van der Waals surface area contributed by atoms with E-state index in [4.69, 9.17) is 23.2 Å². The highest BCUT2D eigenvalue weighted by Gasteiger charge is 2.23. The molecule has 0 amide bonds. The van der Waals surface area contributed by atoms with Gasteiger partial charge in [-0.1, -0.05) is 42.5 Å². The van der Waals surface area contributed by atoms with Gasteiger partial charge >= 0.3 is 0 Å². The third-order valence-electron chi connectivity index (χ3n) is 4.02. The van der Waals surface area contributed by atoms with Gasteiger partial charge in [0.1, 0.15) is 0 Å². The summed E-state index contributed by atoms with van der Waals surface area (Å²) in [4.78, 5) is 0. The Morgan fingerprint density at radius 2 is 1.94 bits per heavy atom. The molecule has 0 bridgehead atoms. The number of hydrogen-bond donors (Lipinski definition) is 1. The first-order valence-corrected chi connectivity index (χ1v) is 7.57. The lowest BCUT2D eigenvalue weighted by Crippen LogP contribution is -2.33. The zero-order chi connectivity index (χ0) is 13.0. The predicted octanol–water partition coefficient (Wildman–Crippen LogP) is 4.70. The van der Waals surface area contributed by atoms with E-state index in [0.717, 1.165) is 16.5 Å². The molecular formula is C15H21Cl2N. The van der Waals surface area contributed by atoms with Crippen molar-refractivity contribution in [3.63, 3.8) is 0 Å². The largest absolute Gasteiger partial charge is 0.317 e. The van der Waals surface area contributed by atoms with Crippen LogP contribution in [0.15, 0.2) is 18.2 Å². The minimum absolute atomic E-state index is 0.613. The molecule has 1 saturated carbocycles. The normalized spacial score (nSPS) is 24.8. The molecule has 100 valence electrons. The Morgan fingerprint density at radius 1 is 1.17 bits per heavy atom. The Morgan fingerprint density at radius 3 is 2.72 bits per heavy atom. The molecule has 1 nitrogen and oxygen atoms in total. The smallest absolute Gasteiger partial charge is 0.0439 e. The zero-order valence-electron chi connectivity index (χ0n) is 10.9. The average molecular weight is 286 g/mol. The van der Waals surface area contributed by atoms with Crippen molar-refractivity contribution in [2.75, 3.05) is 7.05 Å². The van der Waals surface area contributed by atoms with Crippen LogP contribution in [0, 0.1) is 5.92 Å². The summed E-state index contributed by atoms with van der Waals surface area (Å²) in [5.41, 5.74) is 1.19. The fourth-order valence-electron chi connectivity index (χ4n) is 2.99. The summed E-state index contributed by atoms with van der Waals surface area (Å²) in [6, 6.07) is 6.39. The van der Waals surface area contributed by atoms with Gasteiger partial charge in [0.15, 0.2) is 0 Å². The van der Waals surface area contributed by atoms with Crippen LogP contribution in [0.4, 0.5) is 0 Å². The van der Waals surface area contributed by atoms with E-state index in [0.29, 0.717) is 12.0 Å². The maximum absolute atomic E-state index is 6.27. The predicted molar refractivity (Wildman–Crippen MR) is 79.6 cm³/mol. The van der Waals surface area contributed by atoms with Gasteiger partial charge in [0.05, 0.1) is 0 Å². The van der Waals surface area contributed by atoms with Gasteiger partial charge in [0.25, 0.3) is 0 Å². The molecule has 0 aromatic heterocycles. The highest BCUT2D eigenvalue weighted by atomic mass is 35.5. The Hall–Kier alpha value is -0.240. The molecule has 0 aliphatic heterocycles. The molecule has 2 rings (SSSR count). The lowest BCUT2D eigenvalue weighted by molar-refractivity contribution is 0.350. The summed E-state index contributed by atoms with van der Waals surface area (Å²) in [5.74, 6) is 0.675. The summed E-state index contributed by atoms with van der Waals surface area (Å²) >= 11 is 12.3. The minimum Gasteiger partial charge on any atom is -0.317 e.